The number of anilines is 1. The molecule has 10 heteroatoms. The Hall–Kier alpha value is -3.43. The molecule has 0 bridgehead atoms. The van der Waals surface area contributed by atoms with Gasteiger partial charge in [-0.25, -0.2) is 18.7 Å². The summed E-state index contributed by atoms with van der Waals surface area (Å²) >= 11 is 0. The minimum atomic E-state index is -0.891. The lowest BCUT2D eigenvalue weighted by Crippen LogP contribution is -2.47. The molecule has 2 aliphatic rings. The first-order valence-electron chi connectivity index (χ1n) is 12.0. The minimum absolute atomic E-state index is 0.00630. The maximum Gasteiger partial charge on any atom is 0.316 e. The SMILES string of the molecule is CC[C@@H]1CC[C@H](F)[C@H](N(c2cnc(-c3ccc(-c4nc(OC)ncc4F)cc3O)nn2)C2CC2)C1. The van der Waals surface area contributed by atoms with Crippen molar-refractivity contribution >= 4 is 5.82 Å². The highest BCUT2D eigenvalue weighted by Crippen LogP contribution is 2.40. The van der Waals surface area contributed by atoms with Crippen molar-refractivity contribution in [3.63, 3.8) is 0 Å². The van der Waals surface area contributed by atoms with Gasteiger partial charge in [-0.15, -0.1) is 10.2 Å². The van der Waals surface area contributed by atoms with Crippen molar-refractivity contribution in [1.29, 1.82) is 0 Å². The van der Waals surface area contributed by atoms with Crippen molar-refractivity contribution in [3.05, 3.63) is 36.4 Å². The fourth-order valence-corrected chi connectivity index (χ4v) is 4.86. The van der Waals surface area contributed by atoms with Gasteiger partial charge in [-0.05, 0) is 50.2 Å². The average Bonchev–Trinajstić information content (AvgIpc) is 3.71. The van der Waals surface area contributed by atoms with Crippen molar-refractivity contribution < 1.29 is 18.6 Å². The third-order valence-corrected chi connectivity index (χ3v) is 6.95. The average molecular weight is 483 g/mol. The molecule has 0 aliphatic heterocycles. The Bertz CT molecular complexity index is 1190. The molecule has 3 atom stereocenters. The van der Waals surface area contributed by atoms with Crippen LogP contribution in [0.25, 0.3) is 22.6 Å². The molecular formula is C25H28F2N6O2. The summed E-state index contributed by atoms with van der Waals surface area (Å²) in [5.74, 6) is 0.520. The maximum atomic E-state index is 14.9. The first-order valence-corrected chi connectivity index (χ1v) is 12.0. The van der Waals surface area contributed by atoms with E-state index in [0.717, 1.165) is 38.3 Å². The Labute approximate surface area is 202 Å². The van der Waals surface area contributed by atoms with Gasteiger partial charge in [-0.3, -0.25) is 0 Å². The fraction of sp³-hybridized carbons (Fsp3) is 0.480. The molecule has 184 valence electrons. The molecule has 0 saturated heterocycles. The van der Waals surface area contributed by atoms with E-state index >= 15 is 0 Å². The van der Waals surface area contributed by atoms with Gasteiger partial charge in [0.15, 0.2) is 17.5 Å². The normalized spacial score (nSPS) is 22.1. The van der Waals surface area contributed by atoms with Gasteiger partial charge in [0.1, 0.15) is 17.6 Å². The van der Waals surface area contributed by atoms with Gasteiger partial charge in [0.2, 0.25) is 0 Å². The molecule has 2 aliphatic carbocycles. The number of phenols is 1. The third-order valence-electron chi connectivity index (χ3n) is 6.95. The van der Waals surface area contributed by atoms with E-state index in [1.807, 2.05) is 0 Å². The number of alkyl halides is 1. The van der Waals surface area contributed by atoms with Crippen LogP contribution in [0.1, 0.15) is 45.4 Å². The predicted molar refractivity (Wildman–Crippen MR) is 126 cm³/mol. The van der Waals surface area contributed by atoms with E-state index in [-0.39, 0.29) is 35.4 Å². The number of nitrogens with zero attached hydrogens (tertiary/aromatic N) is 6. The van der Waals surface area contributed by atoms with Gasteiger partial charge in [-0.1, -0.05) is 19.4 Å². The summed E-state index contributed by atoms with van der Waals surface area (Å²) in [5, 5.41) is 19.2. The Morgan fingerprint density at radius 2 is 1.94 bits per heavy atom. The highest BCUT2D eigenvalue weighted by atomic mass is 19.1. The zero-order valence-electron chi connectivity index (χ0n) is 19.7. The lowest BCUT2D eigenvalue weighted by Gasteiger charge is -2.40. The molecule has 1 aromatic carbocycles. The summed E-state index contributed by atoms with van der Waals surface area (Å²) in [6, 6.07) is 4.65. The first kappa shape index (κ1) is 23.3. The van der Waals surface area contributed by atoms with Gasteiger partial charge < -0.3 is 14.7 Å². The number of aromatic hydroxyl groups is 1. The third kappa shape index (κ3) is 4.74. The van der Waals surface area contributed by atoms with Crippen molar-refractivity contribution in [1.82, 2.24) is 25.1 Å². The summed E-state index contributed by atoms with van der Waals surface area (Å²) in [5.41, 5.74) is 0.705. The standard InChI is InChI=1S/C25H28F2N6O2/c1-3-14-4-9-18(26)20(10-14)33(16-6-7-16)22-13-28-24(32-31-22)17-8-5-15(11-21(17)34)23-19(27)12-29-25(30-23)35-2/h5,8,11-14,16,18,20,34H,3-4,6-7,9-10H2,1-2H3/t14-,18+,20-/m1/s1. The number of benzene rings is 1. The van der Waals surface area contributed by atoms with Crippen LogP contribution in [-0.2, 0) is 0 Å². The van der Waals surface area contributed by atoms with Crippen LogP contribution in [0.2, 0.25) is 0 Å². The van der Waals surface area contributed by atoms with Crippen LogP contribution in [-0.4, -0.2) is 55.6 Å². The zero-order valence-corrected chi connectivity index (χ0v) is 19.7. The van der Waals surface area contributed by atoms with Crippen LogP contribution < -0.4 is 9.64 Å². The molecule has 8 nitrogen and oxygen atoms in total. The Balaban J connectivity index is 1.40. The number of hydrogen-bond donors (Lipinski definition) is 1. The van der Waals surface area contributed by atoms with Crippen LogP contribution in [0, 0.1) is 11.7 Å². The van der Waals surface area contributed by atoms with E-state index in [2.05, 4.69) is 37.0 Å². The van der Waals surface area contributed by atoms with Gasteiger partial charge >= 0.3 is 6.01 Å². The number of phenolic OH excluding ortho intramolecular Hbond substituents is 1. The molecule has 0 amide bonds. The predicted octanol–water partition coefficient (Wildman–Crippen LogP) is 4.73. The van der Waals surface area contributed by atoms with E-state index in [4.69, 9.17) is 4.74 Å². The van der Waals surface area contributed by atoms with Gasteiger partial charge in [-0.2, -0.15) is 4.98 Å². The Morgan fingerprint density at radius 3 is 2.60 bits per heavy atom. The molecule has 0 unspecified atom stereocenters. The highest BCUT2D eigenvalue weighted by molar-refractivity contribution is 5.71. The van der Waals surface area contributed by atoms with Crippen molar-refractivity contribution in [2.24, 2.45) is 5.92 Å². The van der Waals surface area contributed by atoms with E-state index in [0.29, 0.717) is 29.3 Å². The second-order valence-electron chi connectivity index (χ2n) is 9.23. The summed E-state index contributed by atoms with van der Waals surface area (Å²) in [6.07, 6.45) is 7.10. The van der Waals surface area contributed by atoms with Gasteiger partial charge in [0.25, 0.3) is 0 Å². The Kier molecular flexibility index (Phi) is 6.44. The molecular weight excluding hydrogens is 454 g/mol. The number of ether oxygens (including phenoxy) is 1. The molecule has 3 aromatic rings. The van der Waals surface area contributed by atoms with E-state index in [1.165, 1.54) is 13.2 Å². The number of hydrogen-bond acceptors (Lipinski definition) is 8. The summed E-state index contributed by atoms with van der Waals surface area (Å²) in [7, 11) is 1.39. The smallest absolute Gasteiger partial charge is 0.316 e. The zero-order chi connectivity index (χ0) is 24.5. The summed E-state index contributed by atoms with van der Waals surface area (Å²) in [4.78, 5) is 14.3. The lowest BCUT2D eigenvalue weighted by molar-refractivity contribution is 0.166. The van der Waals surface area contributed by atoms with Crippen molar-refractivity contribution in [3.8, 4) is 34.4 Å². The molecule has 35 heavy (non-hydrogen) atoms. The topological polar surface area (TPSA) is 97.2 Å². The molecule has 0 spiro atoms. The number of halogens is 2. The van der Waals surface area contributed by atoms with E-state index < -0.39 is 12.0 Å². The van der Waals surface area contributed by atoms with E-state index in [9.17, 15) is 13.9 Å². The molecule has 0 radical (unpaired) electrons. The maximum absolute atomic E-state index is 14.9. The van der Waals surface area contributed by atoms with Gasteiger partial charge in [0.05, 0.1) is 31.1 Å². The lowest BCUT2D eigenvalue weighted by atomic mass is 9.82. The molecule has 2 aromatic heterocycles. The van der Waals surface area contributed by atoms with Crippen LogP contribution in [0.3, 0.4) is 0 Å². The number of aromatic nitrogens is 5. The van der Waals surface area contributed by atoms with Crippen LogP contribution in [0.5, 0.6) is 11.8 Å². The molecule has 1 N–H and O–H groups in total. The number of rotatable bonds is 7. The van der Waals surface area contributed by atoms with Crippen LogP contribution >= 0.6 is 0 Å². The fourth-order valence-electron chi connectivity index (χ4n) is 4.86. The summed E-state index contributed by atoms with van der Waals surface area (Å²) < 4.78 is 34.1. The van der Waals surface area contributed by atoms with E-state index in [1.54, 1.807) is 18.3 Å². The number of methoxy groups -OCH3 is 1. The highest BCUT2D eigenvalue weighted by Gasteiger charge is 2.41. The van der Waals surface area contributed by atoms with Crippen molar-refractivity contribution in [2.75, 3.05) is 12.0 Å². The second kappa shape index (κ2) is 9.67. The summed E-state index contributed by atoms with van der Waals surface area (Å²) in [6.45, 7) is 2.16. The molecule has 2 heterocycles. The largest absolute Gasteiger partial charge is 0.507 e. The minimum Gasteiger partial charge on any atom is -0.507 e. The van der Waals surface area contributed by atoms with Crippen LogP contribution in [0.4, 0.5) is 14.6 Å². The quantitative estimate of drug-likeness (QED) is 0.516. The van der Waals surface area contributed by atoms with Crippen LogP contribution in [0.15, 0.2) is 30.6 Å². The molecule has 2 fully saturated rings. The second-order valence-corrected chi connectivity index (χ2v) is 9.23. The first-order chi connectivity index (χ1) is 17.0. The van der Waals surface area contributed by atoms with Crippen molar-refractivity contribution in [2.45, 2.75) is 63.7 Å². The van der Waals surface area contributed by atoms with Gasteiger partial charge in [0, 0.05) is 11.6 Å². The molecule has 5 rings (SSSR count). The molecule has 2 saturated carbocycles. The Morgan fingerprint density at radius 1 is 1.11 bits per heavy atom. The monoisotopic (exact) mass is 482 g/mol.